The number of urea groups is 1. The second-order valence-electron chi connectivity index (χ2n) is 6.11. The summed E-state index contributed by atoms with van der Waals surface area (Å²) in [5.41, 5.74) is 2.89. The Morgan fingerprint density at radius 2 is 1.79 bits per heavy atom. The average molecular weight is 346 g/mol. The first-order valence-electron chi connectivity index (χ1n) is 7.99. The Hall–Kier alpha value is -2.04. The van der Waals surface area contributed by atoms with Crippen LogP contribution in [-0.2, 0) is 0 Å². The van der Waals surface area contributed by atoms with E-state index in [1.54, 1.807) is 0 Å². The molecule has 2 aromatic rings. The fraction of sp³-hybridized carbons (Fsp3) is 0.316. The number of nitrogens with one attached hydrogen (secondary N) is 2. The fourth-order valence-corrected chi connectivity index (χ4v) is 2.56. The first-order valence-corrected chi connectivity index (χ1v) is 8.37. The third kappa shape index (κ3) is 5.55. The van der Waals surface area contributed by atoms with Crippen molar-refractivity contribution >= 4 is 23.3 Å². The molecule has 2 amide bonds. The molecule has 4 nitrogen and oxygen atoms in total. The van der Waals surface area contributed by atoms with Crippen LogP contribution in [0.5, 0.6) is 0 Å². The molecule has 128 valence electrons. The third-order valence-electron chi connectivity index (χ3n) is 3.84. The van der Waals surface area contributed by atoms with Crippen molar-refractivity contribution < 1.29 is 4.79 Å². The number of hydrogen-bond acceptors (Lipinski definition) is 2. The number of carbonyl (C=O) groups excluding carboxylic acids is 1. The summed E-state index contributed by atoms with van der Waals surface area (Å²) < 4.78 is 0. The zero-order chi connectivity index (χ0) is 17.5. The Balaban J connectivity index is 2.07. The first kappa shape index (κ1) is 18.3. The minimum atomic E-state index is -0.206. The molecule has 0 fully saturated rings. The largest absolute Gasteiger partial charge is 0.331 e. The Labute approximate surface area is 148 Å². The number of halogens is 1. The molecule has 2 rings (SSSR count). The highest BCUT2D eigenvalue weighted by molar-refractivity contribution is 6.30. The van der Waals surface area contributed by atoms with E-state index >= 15 is 0 Å². The number of hydrogen-bond donors (Lipinski definition) is 2. The van der Waals surface area contributed by atoms with Crippen molar-refractivity contribution in [1.29, 1.82) is 0 Å². The third-order valence-corrected chi connectivity index (χ3v) is 4.09. The van der Waals surface area contributed by atoms with Crippen molar-refractivity contribution in [3.63, 3.8) is 0 Å². The van der Waals surface area contributed by atoms with Crippen LogP contribution in [0.15, 0.2) is 48.5 Å². The first-order chi connectivity index (χ1) is 11.5. The maximum atomic E-state index is 12.4. The minimum Gasteiger partial charge on any atom is -0.331 e. The van der Waals surface area contributed by atoms with Gasteiger partial charge in [-0.3, -0.25) is 0 Å². The minimum absolute atomic E-state index is 0.0753. The zero-order valence-electron chi connectivity index (χ0n) is 14.3. The van der Waals surface area contributed by atoms with Crippen LogP contribution in [0, 0.1) is 6.92 Å². The normalized spacial score (nSPS) is 12.0. The van der Waals surface area contributed by atoms with Gasteiger partial charge in [0.25, 0.3) is 0 Å². The second-order valence-corrected chi connectivity index (χ2v) is 6.55. The van der Waals surface area contributed by atoms with E-state index in [-0.39, 0.29) is 12.1 Å². The van der Waals surface area contributed by atoms with E-state index < -0.39 is 0 Å². The summed E-state index contributed by atoms with van der Waals surface area (Å²) >= 11 is 5.97. The summed E-state index contributed by atoms with van der Waals surface area (Å²) in [6.07, 6.45) is 0.815. The van der Waals surface area contributed by atoms with Gasteiger partial charge < -0.3 is 15.5 Å². The maximum absolute atomic E-state index is 12.4. The van der Waals surface area contributed by atoms with Crippen molar-refractivity contribution in [1.82, 2.24) is 10.2 Å². The van der Waals surface area contributed by atoms with E-state index in [9.17, 15) is 4.79 Å². The van der Waals surface area contributed by atoms with Gasteiger partial charge in [0.2, 0.25) is 0 Å². The van der Waals surface area contributed by atoms with Crippen LogP contribution >= 0.6 is 11.6 Å². The molecule has 0 aliphatic heterocycles. The Morgan fingerprint density at radius 1 is 1.12 bits per heavy atom. The number of para-hydroxylation sites is 1. The summed E-state index contributed by atoms with van der Waals surface area (Å²) in [5.74, 6) is 0. The van der Waals surface area contributed by atoms with Gasteiger partial charge in [-0.25, -0.2) is 4.79 Å². The van der Waals surface area contributed by atoms with Crippen LogP contribution < -0.4 is 10.6 Å². The molecule has 2 N–H and O–H groups in total. The lowest BCUT2D eigenvalue weighted by molar-refractivity contribution is 0.246. The van der Waals surface area contributed by atoms with Gasteiger partial charge in [0, 0.05) is 10.7 Å². The van der Waals surface area contributed by atoms with Gasteiger partial charge in [-0.2, -0.15) is 0 Å². The summed E-state index contributed by atoms with van der Waals surface area (Å²) in [4.78, 5) is 14.5. The van der Waals surface area contributed by atoms with Crippen LogP contribution in [0.1, 0.15) is 23.6 Å². The van der Waals surface area contributed by atoms with Gasteiger partial charge in [0.15, 0.2) is 0 Å². The molecule has 0 spiro atoms. The molecule has 0 radical (unpaired) electrons. The molecule has 0 saturated carbocycles. The Kier molecular flexibility index (Phi) is 6.64. The van der Waals surface area contributed by atoms with Crippen LogP contribution in [0.3, 0.4) is 0 Å². The molecule has 0 heterocycles. The Bertz CT molecular complexity index is 671. The molecular weight excluding hydrogens is 322 g/mol. The average Bonchev–Trinajstić information content (AvgIpc) is 2.54. The fourth-order valence-electron chi connectivity index (χ4n) is 2.43. The molecular formula is C19H24ClN3O. The number of benzene rings is 2. The highest BCUT2D eigenvalue weighted by Crippen LogP contribution is 2.20. The predicted molar refractivity (Wildman–Crippen MR) is 101 cm³/mol. The molecule has 0 bridgehead atoms. The maximum Gasteiger partial charge on any atom is 0.319 e. The molecule has 2 aromatic carbocycles. The number of aryl methyl sites for hydroxylation is 1. The van der Waals surface area contributed by atoms with Crippen molar-refractivity contribution in [3.8, 4) is 0 Å². The quantitative estimate of drug-likeness (QED) is 0.811. The number of carbonyl (C=O) groups is 1. The highest BCUT2D eigenvalue weighted by Gasteiger charge is 2.15. The van der Waals surface area contributed by atoms with E-state index in [0.29, 0.717) is 5.02 Å². The lowest BCUT2D eigenvalue weighted by Crippen LogP contribution is -2.34. The van der Waals surface area contributed by atoms with Crippen LogP contribution in [0.25, 0.3) is 0 Å². The van der Waals surface area contributed by atoms with Gasteiger partial charge in [0.05, 0.1) is 6.04 Å². The van der Waals surface area contributed by atoms with Crippen LogP contribution in [0.2, 0.25) is 5.02 Å². The monoisotopic (exact) mass is 345 g/mol. The van der Waals surface area contributed by atoms with Gasteiger partial charge in [0.1, 0.15) is 0 Å². The van der Waals surface area contributed by atoms with Crippen molar-refractivity contribution in [3.05, 3.63) is 64.7 Å². The molecule has 1 atom stereocenters. The van der Waals surface area contributed by atoms with Crippen molar-refractivity contribution in [2.75, 3.05) is 26.0 Å². The number of nitrogens with zero attached hydrogens (tertiary/aromatic N) is 1. The number of rotatable bonds is 6. The summed E-state index contributed by atoms with van der Waals surface area (Å²) in [6.45, 7) is 2.84. The van der Waals surface area contributed by atoms with E-state index in [1.807, 2.05) is 69.6 Å². The lowest BCUT2D eigenvalue weighted by Gasteiger charge is -2.22. The summed E-state index contributed by atoms with van der Waals surface area (Å²) in [6, 6.07) is 15.0. The van der Waals surface area contributed by atoms with E-state index in [4.69, 9.17) is 11.6 Å². The highest BCUT2D eigenvalue weighted by atomic mass is 35.5. The molecule has 0 aromatic heterocycles. The van der Waals surface area contributed by atoms with Gasteiger partial charge >= 0.3 is 6.03 Å². The number of anilines is 1. The molecule has 0 saturated heterocycles. The molecule has 24 heavy (non-hydrogen) atoms. The van der Waals surface area contributed by atoms with Gasteiger partial charge in [-0.15, -0.1) is 0 Å². The van der Waals surface area contributed by atoms with E-state index in [2.05, 4.69) is 15.5 Å². The SMILES string of the molecule is Cc1ccccc1NC(=O)NC(CCN(C)C)c1ccc(Cl)cc1. The second kappa shape index (κ2) is 8.71. The lowest BCUT2D eigenvalue weighted by atomic mass is 10.0. The Morgan fingerprint density at radius 3 is 2.42 bits per heavy atom. The smallest absolute Gasteiger partial charge is 0.319 e. The molecule has 1 unspecified atom stereocenters. The van der Waals surface area contributed by atoms with E-state index in [0.717, 1.165) is 29.8 Å². The van der Waals surface area contributed by atoms with Crippen LogP contribution in [-0.4, -0.2) is 31.6 Å². The van der Waals surface area contributed by atoms with Crippen molar-refractivity contribution in [2.24, 2.45) is 0 Å². The standard InChI is InChI=1S/C19H24ClN3O/c1-14-6-4-5-7-17(14)21-19(24)22-18(12-13-23(2)3)15-8-10-16(20)11-9-15/h4-11,18H,12-13H2,1-3H3,(H2,21,22,24). The molecule has 5 heteroatoms. The molecule has 0 aliphatic carbocycles. The predicted octanol–water partition coefficient (Wildman–Crippen LogP) is 4.46. The summed E-state index contributed by atoms with van der Waals surface area (Å²) in [7, 11) is 4.04. The van der Waals surface area contributed by atoms with E-state index in [1.165, 1.54) is 0 Å². The van der Waals surface area contributed by atoms with Gasteiger partial charge in [-0.1, -0.05) is 41.9 Å². The zero-order valence-corrected chi connectivity index (χ0v) is 15.1. The van der Waals surface area contributed by atoms with Gasteiger partial charge in [-0.05, 0) is 63.3 Å². The van der Waals surface area contributed by atoms with Crippen molar-refractivity contribution in [2.45, 2.75) is 19.4 Å². The van der Waals surface area contributed by atoms with Crippen LogP contribution in [0.4, 0.5) is 10.5 Å². The number of amides is 2. The molecule has 0 aliphatic rings. The summed E-state index contributed by atoms with van der Waals surface area (Å²) in [5, 5.41) is 6.67. The topological polar surface area (TPSA) is 44.4 Å².